The van der Waals surface area contributed by atoms with Crippen molar-refractivity contribution in [2.75, 3.05) is 24.0 Å². The first-order valence-corrected chi connectivity index (χ1v) is 8.58. The predicted molar refractivity (Wildman–Crippen MR) is 82.2 cm³/mol. The van der Waals surface area contributed by atoms with Crippen molar-refractivity contribution in [3.05, 3.63) is 0 Å². The Balaban J connectivity index is 0. The second-order valence-electron chi connectivity index (χ2n) is 3.68. The van der Waals surface area contributed by atoms with Crippen LogP contribution in [0.2, 0.25) is 0 Å². The van der Waals surface area contributed by atoms with E-state index in [1.54, 1.807) is 23.5 Å². The molecule has 0 aliphatic heterocycles. The minimum Gasteiger partial charge on any atom is -0.480 e. The van der Waals surface area contributed by atoms with Crippen LogP contribution in [0, 0.1) is 0 Å². The highest BCUT2D eigenvalue weighted by Gasteiger charge is 2.14. The van der Waals surface area contributed by atoms with Crippen LogP contribution in [0.1, 0.15) is 12.8 Å². The highest BCUT2D eigenvalue weighted by molar-refractivity contribution is 7.98. The second kappa shape index (κ2) is 14.5. The number of rotatable bonds is 10. The summed E-state index contributed by atoms with van der Waals surface area (Å²) in [6.45, 7) is 0. The first-order valence-electron chi connectivity index (χ1n) is 5.79. The Morgan fingerprint density at radius 3 is 2.00 bits per heavy atom. The Morgan fingerprint density at radius 2 is 1.65 bits per heavy atom. The van der Waals surface area contributed by atoms with E-state index < -0.39 is 24.0 Å². The van der Waals surface area contributed by atoms with Crippen LogP contribution in [0.3, 0.4) is 0 Å². The zero-order chi connectivity index (χ0) is 16.0. The van der Waals surface area contributed by atoms with Crippen LogP contribution in [-0.4, -0.2) is 64.7 Å². The monoisotopic (exact) mass is 326 g/mol. The molecule has 0 spiro atoms. The van der Waals surface area contributed by atoms with E-state index >= 15 is 0 Å². The van der Waals surface area contributed by atoms with E-state index in [1.807, 2.05) is 12.5 Å². The highest BCUT2D eigenvalue weighted by Crippen LogP contribution is 2.00. The summed E-state index contributed by atoms with van der Waals surface area (Å²) in [5.74, 6) is -0.346. The molecule has 9 heteroatoms. The quantitative estimate of drug-likeness (QED) is 0.416. The van der Waals surface area contributed by atoms with Gasteiger partial charge in [0.05, 0.1) is 0 Å². The van der Waals surface area contributed by atoms with Crippen LogP contribution >= 0.6 is 23.5 Å². The van der Waals surface area contributed by atoms with Crippen molar-refractivity contribution in [1.82, 2.24) is 5.32 Å². The van der Waals surface area contributed by atoms with E-state index in [1.165, 1.54) is 0 Å². The van der Waals surface area contributed by atoms with Gasteiger partial charge in [0.2, 0.25) is 6.41 Å². The molecular weight excluding hydrogens is 304 g/mol. The Labute approximate surface area is 127 Å². The average molecular weight is 326 g/mol. The molecule has 0 fully saturated rings. The number of nitrogens with two attached hydrogens (primary N) is 1. The van der Waals surface area contributed by atoms with Gasteiger partial charge < -0.3 is 21.3 Å². The maximum Gasteiger partial charge on any atom is 0.326 e. The molecule has 0 bridgehead atoms. The van der Waals surface area contributed by atoms with Crippen LogP contribution in [0.25, 0.3) is 0 Å². The van der Waals surface area contributed by atoms with Crippen molar-refractivity contribution in [2.45, 2.75) is 24.9 Å². The van der Waals surface area contributed by atoms with Crippen LogP contribution in [0.4, 0.5) is 0 Å². The van der Waals surface area contributed by atoms with Crippen molar-refractivity contribution in [3.63, 3.8) is 0 Å². The second-order valence-corrected chi connectivity index (χ2v) is 5.65. The molecule has 0 heterocycles. The lowest BCUT2D eigenvalue weighted by Crippen LogP contribution is -2.36. The van der Waals surface area contributed by atoms with Crippen molar-refractivity contribution in [2.24, 2.45) is 5.73 Å². The van der Waals surface area contributed by atoms with Crippen molar-refractivity contribution in [1.29, 1.82) is 0 Å². The van der Waals surface area contributed by atoms with Crippen LogP contribution in [-0.2, 0) is 14.4 Å². The zero-order valence-corrected chi connectivity index (χ0v) is 13.2. The molecule has 0 aliphatic rings. The molecule has 0 aromatic heterocycles. The van der Waals surface area contributed by atoms with Gasteiger partial charge >= 0.3 is 11.9 Å². The lowest BCUT2D eigenvalue weighted by Gasteiger charge is -2.08. The van der Waals surface area contributed by atoms with E-state index in [2.05, 4.69) is 5.32 Å². The summed E-state index contributed by atoms with van der Waals surface area (Å²) in [6, 6.07) is -1.42. The highest BCUT2D eigenvalue weighted by atomic mass is 32.2. The maximum absolute atomic E-state index is 10.4. The topological polar surface area (TPSA) is 130 Å². The number of hydrogen-bond donors (Lipinski definition) is 4. The van der Waals surface area contributed by atoms with Gasteiger partial charge in [-0.3, -0.25) is 9.59 Å². The smallest absolute Gasteiger partial charge is 0.326 e. The van der Waals surface area contributed by atoms with Gasteiger partial charge in [-0.25, -0.2) is 4.79 Å². The van der Waals surface area contributed by atoms with E-state index in [0.29, 0.717) is 19.3 Å². The fourth-order valence-corrected chi connectivity index (χ4v) is 1.93. The van der Waals surface area contributed by atoms with Gasteiger partial charge in [-0.05, 0) is 36.9 Å². The molecule has 7 nitrogen and oxygen atoms in total. The average Bonchev–Trinajstić information content (AvgIpc) is 2.41. The Bertz CT molecular complexity index is 292. The van der Waals surface area contributed by atoms with Crippen LogP contribution in [0.15, 0.2) is 0 Å². The lowest BCUT2D eigenvalue weighted by molar-refractivity contribution is -0.140. The zero-order valence-electron chi connectivity index (χ0n) is 11.6. The molecule has 5 N–H and O–H groups in total. The SMILES string of the molecule is CSCC[C@H](N)C(=O)O.CSCC[C@H](NC=O)C(=O)O. The van der Waals surface area contributed by atoms with Gasteiger partial charge in [0.1, 0.15) is 12.1 Å². The van der Waals surface area contributed by atoms with Crippen molar-refractivity contribution in [3.8, 4) is 0 Å². The summed E-state index contributed by atoms with van der Waals surface area (Å²) in [4.78, 5) is 30.3. The number of aliphatic carboxylic acids is 2. The molecule has 0 radical (unpaired) electrons. The normalized spacial score (nSPS) is 12.6. The number of carbonyl (C=O) groups is 3. The fraction of sp³-hybridized carbons (Fsp3) is 0.727. The molecule has 0 unspecified atom stereocenters. The Hall–Kier alpha value is -0.930. The summed E-state index contributed by atoms with van der Waals surface area (Å²) in [7, 11) is 0. The third-order valence-electron chi connectivity index (χ3n) is 2.13. The molecule has 118 valence electrons. The molecule has 20 heavy (non-hydrogen) atoms. The van der Waals surface area contributed by atoms with Gasteiger partial charge in [0.15, 0.2) is 0 Å². The summed E-state index contributed by atoms with van der Waals surface area (Å²) < 4.78 is 0. The first-order chi connectivity index (χ1) is 9.40. The molecule has 0 saturated carbocycles. The minimum absolute atomic E-state index is 0.416. The Kier molecular flexibility index (Phi) is 15.5. The van der Waals surface area contributed by atoms with Gasteiger partial charge in [-0.1, -0.05) is 0 Å². The molecule has 0 aromatic rings. The largest absolute Gasteiger partial charge is 0.480 e. The number of carboxylic acids is 2. The van der Waals surface area contributed by atoms with Crippen LogP contribution < -0.4 is 11.1 Å². The predicted octanol–water partition coefficient (Wildman–Crippen LogP) is 0.0901. The number of hydrogen-bond acceptors (Lipinski definition) is 6. The summed E-state index contributed by atoms with van der Waals surface area (Å²) in [5, 5.41) is 19.0. The van der Waals surface area contributed by atoms with Gasteiger partial charge in [0, 0.05) is 0 Å². The lowest BCUT2D eigenvalue weighted by atomic mass is 10.2. The van der Waals surface area contributed by atoms with Crippen LogP contribution in [0.5, 0.6) is 0 Å². The van der Waals surface area contributed by atoms with Gasteiger partial charge in [-0.15, -0.1) is 0 Å². The molecular formula is C11H22N2O5S2. The number of nitrogens with one attached hydrogen (secondary N) is 1. The number of thioether (sulfide) groups is 2. The number of carbonyl (C=O) groups excluding carboxylic acids is 1. The van der Waals surface area contributed by atoms with E-state index in [9.17, 15) is 14.4 Å². The van der Waals surface area contributed by atoms with Crippen molar-refractivity contribution < 1.29 is 24.6 Å². The van der Waals surface area contributed by atoms with E-state index in [4.69, 9.17) is 15.9 Å². The minimum atomic E-state index is -0.980. The van der Waals surface area contributed by atoms with Gasteiger partial charge in [-0.2, -0.15) is 23.5 Å². The molecule has 0 aromatic carbocycles. The number of carboxylic acid groups (broad SMARTS) is 2. The molecule has 1 amide bonds. The molecule has 2 atom stereocenters. The molecule has 0 aliphatic carbocycles. The maximum atomic E-state index is 10.4. The molecule has 0 saturated heterocycles. The van der Waals surface area contributed by atoms with E-state index in [0.717, 1.165) is 11.5 Å². The first kappa shape index (κ1) is 21.4. The van der Waals surface area contributed by atoms with Crippen molar-refractivity contribution >= 4 is 41.9 Å². The fourth-order valence-electron chi connectivity index (χ4n) is 0.964. The number of amides is 1. The summed E-state index contributed by atoms with van der Waals surface area (Å²) >= 11 is 3.16. The van der Waals surface area contributed by atoms with Gasteiger partial charge in [0.25, 0.3) is 0 Å². The standard InChI is InChI=1S/C6H11NO3S.C5H11NO2S/c1-11-3-2-5(6(9)10)7-4-8;1-9-3-2-4(6)5(7)8/h4-5H,2-3H2,1H3,(H,7,8)(H,9,10);4H,2-3,6H2,1H3,(H,7,8)/t5-;4-/m00/s1. The third-order valence-corrected chi connectivity index (χ3v) is 3.42. The summed E-state index contributed by atoms with van der Waals surface area (Å²) in [6.07, 6.45) is 5.25. The third kappa shape index (κ3) is 13.5. The Morgan fingerprint density at radius 1 is 1.15 bits per heavy atom. The van der Waals surface area contributed by atoms with E-state index in [-0.39, 0.29) is 0 Å². The molecule has 0 rings (SSSR count). The summed E-state index contributed by atoms with van der Waals surface area (Å²) in [5.41, 5.74) is 5.19.